The fraction of sp³-hybridized carbons (Fsp3) is 0.278. The van der Waals surface area contributed by atoms with Gasteiger partial charge in [-0.25, -0.2) is 13.1 Å². The van der Waals surface area contributed by atoms with Crippen LogP contribution in [0, 0.1) is 5.92 Å². The first-order chi connectivity index (χ1) is 12.4. The van der Waals surface area contributed by atoms with Gasteiger partial charge in [-0.3, -0.25) is 4.79 Å². The van der Waals surface area contributed by atoms with Crippen molar-refractivity contribution in [2.24, 2.45) is 5.92 Å². The molecule has 0 bridgehead atoms. The monoisotopic (exact) mass is 438 g/mol. The Morgan fingerprint density at radius 1 is 1.15 bits per heavy atom. The van der Waals surface area contributed by atoms with E-state index in [-0.39, 0.29) is 23.3 Å². The lowest BCUT2D eigenvalue weighted by Gasteiger charge is -2.17. The molecule has 0 saturated carbocycles. The smallest absolute Gasteiger partial charge is 0.240 e. The van der Waals surface area contributed by atoms with Gasteiger partial charge in [-0.2, -0.15) is 0 Å². The largest absolute Gasteiger partial charge is 0.497 e. The SMILES string of the molecule is COc1ccc(N2C[C@@H](CNS(=O)(=O)c3ccc(Br)cc3)CC2=O)cc1. The number of rotatable bonds is 6. The van der Waals surface area contributed by atoms with E-state index >= 15 is 0 Å². The van der Waals surface area contributed by atoms with Crippen molar-refractivity contribution in [1.82, 2.24) is 4.72 Å². The van der Waals surface area contributed by atoms with Crippen LogP contribution >= 0.6 is 15.9 Å². The number of nitrogens with zero attached hydrogens (tertiary/aromatic N) is 1. The number of hydrogen-bond acceptors (Lipinski definition) is 4. The Morgan fingerprint density at radius 2 is 1.81 bits per heavy atom. The molecule has 138 valence electrons. The second kappa shape index (κ2) is 7.77. The van der Waals surface area contributed by atoms with Gasteiger partial charge in [-0.1, -0.05) is 15.9 Å². The molecule has 1 amide bonds. The van der Waals surface area contributed by atoms with Crippen LogP contribution in [0.4, 0.5) is 5.69 Å². The number of methoxy groups -OCH3 is 1. The van der Waals surface area contributed by atoms with Crippen molar-refractivity contribution in [3.05, 3.63) is 53.0 Å². The van der Waals surface area contributed by atoms with Gasteiger partial charge in [0.25, 0.3) is 0 Å². The third-order valence-corrected chi connectivity index (χ3v) is 6.24. The van der Waals surface area contributed by atoms with E-state index in [1.54, 1.807) is 36.3 Å². The van der Waals surface area contributed by atoms with Crippen LogP contribution in [0.1, 0.15) is 6.42 Å². The Bertz CT molecular complexity index is 882. The van der Waals surface area contributed by atoms with Crippen LogP contribution in [0.15, 0.2) is 57.9 Å². The molecule has 1 N–H and O–H groups in total. The number of anilines is 1. The lowest BCUT2D eigenvalue weighted by molar-refractivity contribution is -0.117. The van der Waals surface area contributed by atoms with Gasteiger partial charge >= 0.3 is 0 Å². The van der Waals surface area contributed by atoms with E-state index < -0.39 is 10.0 Å². The molecule has 6 nitrogen and oxygen atoms in total. The zero-order valence-electron chi connectivity index (χ0n) is 14.2. The topological polar surface area (TPSA) is 75.7 Å². The Labute approximate surface area is 161 Å². The normalized spacial score (nSPS) is 17.5. The summed E-state index contributed by atoms with van der Waals surface area (Å²) in [5.41, 5.74) is 0.786. The highest BCUT2D eigenvalue weighted by Crippen LogP contribution is 2.26. The second-order valence-corrected chi connectivity index (χ2v) is 8.76. The average molecular weight is 439 g/mol. The number of carbonyl (C=O) groups excluding carboxylic acids is 1. The molecule has 1 heterocycles. The summed E-state index contributed by atoms with van der Waals surface area (Å²) in [7, 11) is -2.00. The van der Waals surface area contributed by atoms with Crippen molar-refractivity contribution < 1.29 is 17.9 Å². The van der Waals surface area contributed by atoms with E-state index in [0.29, 0.717) is 13.0 Å². The van der Waals surface area contributed by atoms with E-state index in [4.69, 9.17) is 4.74 Å². The molecule has 1 fully saturated rings. The number of ether oxygens (including phenoxy) is 1. The number of benzene rings is 2. The van der Waals surface area contributed by atoms with Crippen molar-refractivity contribution in [2.45, 2.75) is 11.3 Å². The molecular weight excluding hydrogens is 420 g/mol. The third-order valence-electron chi connectivity index (χ3n) is 4.28. The number of sulfonamides is 1. The molecule has 2 aromatic carbocycles. The summed E-state index contributed by atoms with van der Waals surface area (Å²) in [5.74, 6) is 0.636. The average Bonchev–Trinajstić information content (AvgIpc) is 3.01. The zero-order valence-corrected chi connectivity index (χ0v) is 16.6. The van der Waals surface area contributed by atoms with E-state index in [0.717, 1.165) is 15.9 Å². The highest BCUT2D eigenvalue weighted by molar-refractivity contribution is 9.10. The van der Waals surface area contributed by atoms with Gasteiger partial charge in [-0.15, -0.1) is 0 Å². The predicted molar refractivity (Wildman–Crippen MR) is 103 cm³/mol. The van der Waals surface area contributed by atoms with Gasteiger partial charge in [0.1, 0.15) is 5.75 Å². The molecule has 0 spiro atoms. The molecule has 1 aliphatic rings. The Kier molecular flexibility index (Phi) is 5.64. The maximum Gasteiger partial charge on any atom is 0.240 e. The van der Waals surface area contributed by atoms with Crippen LogP contribution in [0.25, 0.3) is 0 Å². The number of halogens is 1. The van der Waals surface area contributed by atoms with Crippen LogP contribution in [0.5, 0.6) is 5.75 Å². The first-order valence-electron chi connectivity index (χ1n) is 8.09. The lowest BCUT2D eigenvalue weighted by atomic mass is 10.1. The molecule has 3 rings (SSSR count). The second-order valence-electron chi connectivity index (χ2n) is 6.08. The Morgan fingerprint density at radius 3 is 2.42 bits per heavy atom. The maximum atomic E-state index is 12.4. The van der Waals surface area contributed by atoms with Crippen LogP contribution in [0.2, 0.25) is 0 Å². The summed E-state index contributed by atoms with van der Waals surface area (Å²) in [5, 5.41) is 0. The molecule has 0 unspecified atom stereocenters. The molecule has 2 aromatic rings. The van der Waals surface area contributed by atoms with Gasteiger partial charge in [0.15, 0.2) is 0 Å². The Hall–Kier alpha value is -1.90. The molecule has 0 aliphatic carbocycles. The van der Waals surface area contributed by atoms with Crippen molar-refractivity contribution in [1.29, 1.82) is 0 Å². The van der Waals surface area contributed by atoms with Gasteiger partial charge in [0.05, 0.1) is 12.0 Å². The molecule has 1 saturated heterocycles. The van der Waals surface area contributed by atoms with Crippen molar-refractivity contribution >= 4 is 37.5 Å². The highest BCUT2D eigenvalue weighted by atomic mass is 79.9. The third kappa shape index (κ3) is 4.25. The molecular formula is C18H19BrN2O4S. The summed E-state index contributed by atoms with van der Waals surface area (Å²) in [4.78, 5) is 14.2. The number of amides is 1. The zero-order chi connectivity index (χ0) is 18.7. The number of nitrogens with one attached hydrogen (secondary N) is 1. The van der Waals surface area contributed by atoms with Crippen molar-refractivity contribution in [2.75, 3.05) is 25.1 Å². The molecule has 1 aliphatic heterocycles. The van der Waals surface area contributed by atoms with Crippen molar-refractivity contribution in [3.8, 4) is 5.75 Å². The molecule has 8 heteroatoms. The first-order valence-corrected chi connectivity index (χ1v) is 10.4. The summed E-state index contributed by atoms with van der Waals surface area (Å²) in [6.07, 6.45) is 0.314. The van der Waals surface area contributed by atoms with Crippen molar-refractivity contribution in [3.63, 3.8) is 0 Å². The van der Waals surface area contributed by atoms with E-state index in [9.17, 15) is 13.2 Å². The van der Waals surface area contributed by atoms with E-state index in [1.165, 1.54) is 12.1 Å². The van der Waals surface area contributed by atoms with Gasteiger partial charge in [0.2, 0.25) is 15.9 Å². The summed E-state index contributed by atoms with van der Waals surface area (Å²) >= 11 is 3.28. The predicted octanol–water partition coefficient (Wildman–Crippen LogP) is 2.79. The molecule has 26 heavy (non-hydrogen) atoms. The minimum atomic E-state index is -3.59. The van der Waals surface area contributed by atoms with Gasteiger partial charge in [0, 0.05) is 29.7 Å². The summed E-state index contributed by atoms with van der Waals surface area (Å²) < 4.78 is 33.3. The van der Waals surface area contributed by atoms with Crippen LogP contribution in [-0.4, -0.2) is 34.5 Å². The number of hydrogen-bond donors (Lipinski definition) is 1. The molecule has 0 radical (unpaired) electrons. The first kappa shape index (κ1) is 18.9. The molecule has 0 aromatic heterocycles. The standard InChI is InChI=1S/C18H19BrN2O4S/c1-25-16-6-4-15(5-7-16)21-12-13(10-18(21)22)11-20-26(23,24)17-8-2-14(19)3-9-17/h2-9,13,20H,10-12H2,1H3/t13-/m1/s1. The quantitative estimate of drug-likeness (QED) is 0.751. The fourth-order valence-corrected chi connectivity index (χ4v) is 4.24. The Balaban J connectivity index is 1.62. The van der Waals surface area contributed by atoms with Crippen LogP contribution in [0.3, 0.4) is 0 Å². The molecule has 1 atom stereocenters. The van der Waals surface area contributed by atoms with E-state index in [2.05, 4.69) is 20.7 Å². The summed E-state index contributed by atoms with van der Waals surface area (Å²) in [6, 6.07) is 13.7. The maximum absolute atomic E-state index is 12.4. The fourth-order valence-electron chi connectivity index (χ4n) is 2.85. The van der Waals surface area contributed by atoms with Gasteiger partial charge < -0.3 is 9.64 Å². The number of carbonyl (C=O) groups is 1. The van der Waals surface area contributed by atoms with Crippen LogP contribution in [-0.2, 0) is 14.8 Å². The minimum absolute atomic E-state index is 0.0111. The van der Waals surface area contributed by atoms with Gasteiger partial charge in [-0.05, 0) is 54.4 Å². The summed E-state index contributed by atoms with van der Waals surface area (Å²) in [6.45, 7) is 0.699. The van der Waals surface area contributed by atoms with E-state index in [1.807, 2.05) is 12.1 Å². The minimum Gasteiger partial charge on any atom is -0.497 e. The van der Waals surface area contributed by atoms with Crippen LogP contribution < -0.4 is 14.4 Å². The lowest BCUT2D eigenvalue weighted by Crippen LogP contribution is -2.31. The highest BCUT2D eigenvalue weighted by Gasteiger charge is 2.31.